The van der Waals surface area contributed by atoms with E-state index in [0.717, 1.165) is 29.0 Å². The third-order valence-corrected chi connectivity index (χ3v) is 6.19. The fourth-order valence-electron chi connectivity index (χ4n) is 3.57. The molecule has 0 radical (unpaired) electrons. The van der Waals surface area contributed by atoms with Gasteiger partial charge in [0.2, 0.25) is 5.91 Å². The Balaban J connectivity index is 1.46. The minimum absolute atomic E-state index is 0.0830. The number of thiophene rings is 1. The molecule has 0 saturated carbocycles. The summed E-state index contributed by atoms with van der Waals surface area (Å²) in [5, 5.41) is 5.09. The summed E-state index contributed by atoms with van der Waals surface area (Å²) in [4.78, 5) is 28.0. The van der Waals surface area contributed by atoms with Crippen molar-refractivity contribution >= 4 is 23.2 Å². The third kappa shape index (κ3) is 5.82. The molecule has 1 N–H and O–H groups in total. The van der Waals surface area contributed by atoms with Crippen molar-refractivity contribution in [2.24, 2.45) is 0 Å². The number of nitrogens with one attached hydrogen (secondary N) is 1. The number of hydrogen-bond donors (Lipinski definition) is 1. The summed E-state index contributed by atoms with van der Waals surface area (Å²) in [6.07, 6.45) is 1.46. The maximum Gasteiger partial charge on any atom is 0.260 e. The van der Waals surface area contributed by atoms with Gasteiger partial charge in [-0.15, -0.1) is 11.3 Å². The molecular formula is C23H30N2O3S. The van der Waals surface area contributed by atoms with Gasteiger partial charge in [0, 0.05) is 24.0 Å². The first-order valence-electron chi connectivity index (χ1n) is 10.3. The first-order valence-corrected chi connectivity index (χ1v) is 11.2. The van der Waals surface area contributed by atoms with E-state index in [4.69, 9.17) is 4.74 Å². The Morgan fingerprint density at radius 3 is 2.52 bits per heavy atom. The third-order valence-electron chi connectivity index (χ3n) is 5.31. The highest BCUT2D eigenvalue weighted by Gasteiger charge is 2.26. The molecule has 6 heteroatoms. The van der Waals surface area contributed by atoms with Crippen LogP contribution in [-0.2, 0) is 16.0 Å². The lowest BCUT2D eigenvalue weighted by Gasteiger charge is -2.33. The largest absolute Gasteiger partial charge is 0.481 e. The van der Waals surface area contributed by atoms with E-state index in [-0.39, 0.29) is 17.9 Å². The number of ether oxygens (including phenoxy) is 1. The standard InChI is InChI=1S/C23H30N2O3S/c1-16(2)20-8-4-5-9-21(20)28-17(3)23(27)24-18-10-12-25(13-11-18)22(26)15-19-7-6-14-29-19/h4-9,14,16-18H,10-13,15H2,1-3H3,(H,24,27). The first kappa shape index (κ1) is 21.4. The van der Waals surface area contributed by atoms with Gasteiger partial charge in [0.05, 0.1) is 6.42 Å². The fourth-order valence-corrected chi connectivity index (χ4v) is 4.27. The van der Waals surface area contributed by atoms with Crippen LogP contribution in [0.5, 0.6) is 5.75 Å². The number of rotatable bonds is 7. The van der Waals surface area contributed by atoms with Crippen molar-refractivity contribution in [2.75, 3.05) is 13.1 Å². The van der Waals surface area contributed by atoms with E-state index in [2.05, 4.69) is 19.2 Å². The summed E-state index contributed by atoms with van der Waals surface area (Å²) in [5.41, 5.74) is 1.10. The molecule has 29 heavy (non-hydrogen) atoms. The zero-order valence-corrected chi connectivity index (χ0v) is 18.2. The van der Waals surface area contributed by atoms with Crippen molar-refractivity contribution in [3.05, 3.63) is 52.2 Å². The van der Waals surface area contributed by atoms with Gasteiger partial charge in [0.25, 0.3) is 5.91 Å². The van der Waals surface area contributed by atoms with Crippen molar-refractivity contribution < 1.29 is 14.3 Å². The van der Waals surface area contributed by atoms with Gasteiger partial charge in [-0.3, -0.25) is 9.59 Å². The van der Waals surface area contributed by atoms with Crippen LogP contribution < -0.4 is 10.1 Å². The zero-order chi connectivity index (χ0) is 20.8. The van der Waals surface area contributed by atoms with Crippen LogP contribution in [-0.4, -0.2) is 41.9 Å². The van der Waals surface area contributed by atoms with E-state index in [0.29, 0.717) is 25.4 Å². The van der Waals surface area contributed by atoms with Crippen molar-refractivity contribution in [1.29, 1.82) is 0 Å². The van der Waals surface area contributed by atoms with E-state index < -0.39 is 6.10 Å². The molecule has 1 aromatic carbocycles. The van der Waals surface area contributed by atoms with Crippen molar-refractivity contribution in [3.8, 4) is 5.75 Å². The molecule has 2 heterocycles. The molecule has 5 nitrogen and oxygen atoms in total. The molecule has 0 spiro atoms. The van der Waals surface area contributed by atoms with Gasteiger partial charge >= 0.3 is 0 Å². The van der Waals surface area contributed by atoms with Crippen LogP contribution >= 0.6 is 11.3 Å². The van der Waals surface area contributed by atoms with Crippen LogP contribution in [0.4, 0.5) is 0 Å². The maximum atomic E-state index is 12.6. The number of carbonyl (C=O) groups excluding carboxylic acids is 2. The Kier molecular flexibility index (Phi) is 7.31. The quantitative estimate of drug-likeness (QED) is 0.745. The molecule has 1 aliphatic rings. The van der Waals surface area contributed by atoms with Gasteiger partial charge in [-0.1, -0.05) is 38.1 Å². The van der Waals surface area contributed by atoms with Gasteiger partial charge < -0.3 is 15.0 Å². The summed E-state index contributed by atoms with van der Waals surface area (Å²) in [7, 11) is 0. The van der Waals surface area contributed by atoms with Gasteiger partial charge in [-0.05, 0) is 48.8 Å². The minimum atomic E-state index is -0.562. The average Bonchev–Trinajstić information content (AvgIpc) is 3.21. The molecule has 0 aliphatic carbocycles. The fraction of sp³-hybridized carbons (Fsp3) is 0.478. The molecule has 156 valence electrons. The van der Waals surface area contributed by atoms with E-state index in [1.165, 1.54) is 0 Å². The lowest BCUT2D eigenvalue weighted by Crippen LogP contribution is -2.49. The number of benzene rings is 1. The number of piperidine rings is 1. The number of amides is 2. The highest BCUT2D eigenvalue weighted by Crippen LogP contribution is 2.26. The molecule has 1 atom stereocenters. The molecule has 2 aromatic rings. The molecule has 1 aromatic heterocycles. The summed E-state index contributed by atoms with van der Waals surface area (Å²) in [6.45, 7) is 7.37. The van der Waals surface area contributed by atoms with Crippen molar-refractivity contribution in [1.82, 2.24) is 10.2 Å². The van der Waals surface area contributed by atoms with E-state index in [1.807, 2.05) is 46.7 Å². The second-order valence-electron chi connectivity index (χ2n) is 7.87. The minimum Gasteiger partial charge on any atom is -0.481 e. The topological polar surface area (TPSA) is 58.6 Å². The Morgan fingerprint density at radius 2 is 1.86 bits per heavy atom. The van der Waals surface area contributed by atoms with Gasteiger partial charge in [0.15, 0.2) is 6.10 Å². The Hall–Kier alpha value is -2.34. The second kappa shape index (κ2) is 9.92. The van der Waals surface area contributed by atoms with Crippen LogP contribution in [0.3, 0.4) is 0 Å². The van der Waals surface area contributed by atoms with Crippen LogP contribution in [0.25, 0.3) is 0 Å². The highest BCUT2D eigenvalue weighted by atomic mass is 32.1. The van der Waals surface area contributed by atoms with Crippen molar-refractivity contribution in [2.45, 2.75) is 58.1 Å². The van der Waals surface area contributed by atoms with Crippen LogP contribution in [0.1, 0.15) is 50.0 Å². The summed E-state index contributed by atoms with van der Waals surface area (Å²) in [5.74, 6) is 1.16. The smallest absolute Gasteiger partial charge is 0.260 e. The van der Waals surface area contributed by atoms with Gasteiger partial charge in [-0.2, -0.15) is 0 Å². The molecule has 2 amide bonds. The summed E-state index contributed by atoms with van der Waals surface area (Å²) >= 11 is 1.61. The molecule has 3 rings (SSSR count). The Labute approximate surface area is 177 Å². The van der Waals surface area contributed by atoms with Crippen LogP contribution in [0.2, 0.25) is 0 Å². The predicted octanol–water partition coefficient (Wildman–Crippen LogP) is 3.99. The predicted molar refractivity (Wildman–Crippen MR) is 116 cm³/mol. The molecule has 1 fully saturated rings. The van der Waals surface area contributed by atoms with Crippen LogP contribution in [0.15, 0.2) is 41.8 Å². The SMILES string of the molecule is CC(Oc1ccccc1C(C)C)C(=O)NC1CCN(C(=O)Cc2cccs2)CC1. The molecular weight excluding hydrogens is 384 g/mol. The number of nitrogens with zero attached hydrogens (tertiary/aromatic N) is 1. The summed E-state index contributed by atoms with van der Waals surface area (Å²) in [6, 6.07) is 11.9. The number of carbonyl (C=O) groups is 2. The zero-order valence-electron chi connectivity index (χ0n) is 17.4. The number of likely N-dealkylation sites (tertiary alicyclic amines) is 1. The second-order valence-corrected chi connectivity index (χ2v) is 8.90. The Bertz CT molecular complexity index is 811. The van der Waals surface area contributed by atoms with E-state index in [1.54, 1.807) is 18.3 Å². The van der Waals surface area contributed by atoms with Gasteiger partial charge in [0.1, 0.15) is 5.75 Å². The van der Waals surface area contributed by atoms with E-state index in [9.17, 15) is 9.59 Å². The van der Waals surface area contributed by atoms with E-state index >= 15 is 0 Å². The molecule has 1 unspecified atom stereocenters. The first-order chi connectivity index (χ1) is 13.9. The molecule has 1 saturated heterocycles. The monoisotopic (exact) mass is 414 g/mol. The summed E-state index contributed by atoms with van der Waals surface area (Å²) < 4.78 is 5.95. The molecule has 0 bridgehead atoms. The highest BCUT2D eigenvalue weighted by molar-refractivity contribution is 7.10. The van der Waals surface area contributed by atoms with Crippen LogP contribution in [0, 0.1) is 0 Å². The van der Waals surface area contributed by atoms with Gasteiger partial charge in [-0.25, -0.2) is 0 Å². The van der Waals surface area contributed by atoms with Crippen molar-refractivity contribution in [3.63, 3.8) is 0 Å². The lowest BCUT2D eigenvalue weighted by molar-refractivity contribution is -0.132. The maximum absolute atomic E-state index is 12.6. The normalized spacial score (nSPS) is 15.9. The number of para-hydroxylation sites is 1. The number of hydrogen-bond acceptors (Lipinski definition) is 4. The average molecular weight is 415 g/mol. The Morgan fingerprint density at radius 1 is 1.14 bits per heavy atom. The lowest BCUT2D eigenvalue weighted by atomic mass is 10.0. The molecule has 1 aliphatic heterocycles.